The van der Waals surface area contributed by atoms with E-state index in [1.165, 1.54) is 24.9 Å². The van der Waals surface area contributed by atoms with Crippen molar-refractivity contribution in [2.45, 2.75) is 5.25 Å². The topological polar surface area (TPSA) is 55.8 Å². The third-order valence-electron chi connectivity index (χ3n) is 3.39. The summed E-state index contributed by atoms with van der Waals surface area (Å²) in [7, 11) is 2.96. The molecule has 1 aliphatic rings. The zero-order chi connectivity index (χ0) is 15.9. The van der Waals surface area contributed by atoms with Gasteiger partial charge in [-0.05, 0) is 12.1 Å². The molecule has 1 aromatic rings. The van der Waals surface area contributed by atoms with Crippen LogP contribution in [0, 0.1) is 0 Å². The van der Waals surface area contributed by atoms with Crippen molar-refractivity contribution in [3.63, 3.8) is 0 Å². The molecule has 0 N–H and O–H groups in total. The number of benzene rings is 1. The quantitative estimate of drug-likeness (QED) is 0.625. The van der Waals surface area contributed by atoms with Gasteiger partial charge in [-0.3, -0.25) is 9.59 Å². The highest BCUT2D eigenvalue weighted by Crippen LogP contribution is 2.21. The van der Waals surface area contributed by atoms with Crippen molar-refractivity contribution < 1.29 is 19.1 Å². The average Bonchev–Trinajstić information content (AvgIpc) is 2.59. The van der Waals surface area contributed by atoms with Crippen LogP contribution >= 0.6 is 11.8 Å². The SMILES string of the molecule is COC(=O)[C@@H]1CN(C(=O)/C=C/c2ccccc2OC)CCS1. The summed E-state index contributed by atoms with van der Waals surface area (Å²) < 4.78 is 9.99. The fourth-order valence-corrected chi connectivity index (χ4v) is 3.32. The number of hydrogen-bond donors (Lipinski definition) is 0. The average molecular weight is 321 g/mol. The molecule has 1 saturated heterocycles. The number of nitrogens with zero attached hydrogens (tertiary/aromatic N) is 1. The highest BCUT2D eigenvalue weighted by atomic mass is 32.2. The smallest absolute Gasteiger partial charge is 0.320 e. The first-order valence-electron chi connectivity index (χ1n) is 6.95. The Labute approximate surface area is 134 Å². The Balaban J connectivity index is 2.02. The maximum absolute atomic E-state index is 12.3. The number of ether oxygens (including phenoxy) is 2. The first-order valence-corrected chi connectivity index (χ1v) is 8.00. The van der Waals surface area contributed by atoms with E-state index < -0.39 is 0 Å². The Morgan fingerprint density at radius 1 is 1.32 bits per heavy atom. The van der Waals surface area contributed by atoms with Crippen molar-refractivity contribution in [1.82, 2.24) is 4.90 Å². The zero-order valence-electron chi connectivity index (χ0n) is 12.7. The standard InChI is InChI=1S/C16H19NO4S/c1-20-13-6-4-3-5-12(13)7-8-15(18)17-9-10-22-14(11-17)16(19)21-2/h3-8,14H,9-11H2,1-2H3/b8-7+/t14-/m0/s1. The van der Waals surface area contributed by atoms with E-state index in [2.05, 4.69) is 0 Å². The third-order valence-corrected chi connectivity index (χ3v) is 4.55. The van der Waals surface area contributed by atoms with Crippen LogP contribution in [0.3, 0.4) is 0 Å². The molecular formula is C16H19NO4S. The van der Waals surface area contributed by atoms with E-state index in [4.69, 9.17) is 9.47 Å². The Morgan fingerprint density at radius 3 is 2.82 bits per heavy atom. The molecule has 1 atom stereocenters. The van der Waals surface area contributed by atoms with Crippen LogP contribution < -0.4 is 4.74 Å². The number of para-hydroxylation sites is 1. The Morgan fingerprint density at radius 2 is 2.09 bits per heavy atom. The van der Waals surface area contributed by atoms with E-state index in [9.17, 15) is 9.59 Å². The molecule has 1 aromatic carbocycles. The highest BCUT2D eigenvalue weighted by Gasteiger charge is 2.28. The lowest BCUT2D eigenvalue weighted by Gasteiger charge is -2.30. The maximum Gasteiger partial charge on any atom is 0.320 e. The molecule has 5 nitrogen and oxygen atoms in total. The fourth-order valence-electron chi connectivity index (χ4n) is 2.19. The van der Waals surface area contributed by atoms with Gasteiger partial charge in [-0.2, -0.15) is 0 Å². The minimum Gasteiger partial charge on any atom is -0.496 e. The first-order chi connectivity index (χ1) is 10.7. The number of amides is 1. The molecule has 0 saturated carbocycles. The predicted octanol–water partition coefficient (Wildman–Crippen LogP) is 1.83. The first kappa shape index (κ1) is 16.4. The summed E-state index contributed by atoms with van der Waals surface area (Å²) in [6, 6.07) is 7.49. The van der Waals surface area contributed by atoms with Crippen molar-refractivity contribution in [1.29, 1.82) is 0 Å². The molecular weight excluding hydrogens is 302 g/mol. The predicted molar refractivity (Wildman–Crippen MR) is 86.9 cm³/mol. The number of methoxy groups -OCH3 is 2. The van der Waals surface area contributed by atoms with Crippen LogP contribution in [0.5, 0.6) is 5.75 Å². The van der Waals surface area contributed by atoms with Crippen molar-refractivity contribution >= 4 is 29.7 Å². The molecule has 0 unspecified atom stereocenters. The highest BCUT2D eigenvalue weighted by molar-refractivity contribution is 8.00. The molecule has 1 heterocycles. The molecule has 1 amide bonds. The van der Waals surface area contributed by atoms with Gasteiger partial charge in [0.05, 0.1) is 14.2 Å². The summed E-state index contributed by atoms with van der Waals surface area (Å²) in [6.45, 7) is 1.01. The van der Waals surface area contributed by atoms with Crippen LogP contribution in [0.15, 0.2) is 30.3 Å². The van der Waals surface area contributed by atoms with Gasteiger partial charge in [0.2, 0.25) is 5.91 Å². The maximum atomic E-state index is 12.3. The molecule has 0 bridgehead atoms. The minimum atomic E-state index is -0.303. The van der Waals surface area contributed by atoms with Crippen LogP contribution in [0.1, 0.15) is 5.56 Å². The van der Waals surface area contributed by atoms with Gasteiger partial charge in [0, 0.05) is 30.5 Å². The third kappa shape index (κ3) is 4.04. The molecule has 1 fully saturated rings. The van der Waals surface area contributed by atoms with E-state index in [0.29, 0.717) is 18.8 Å². The van der Waals surface area contributed by atoms with E-state index in [1.54, 1.807) is 18.1 Å². The molecule has 1 aliphatic heterocycles. The molecule has 118 valence electrons. The van der Waals surface area contributed by atoms with Gasteiger partial charge in [0.1, 0.15) is 11.0 Å². The van der Waals surface area contributed by atoms with Gasteiger partial charge in [-0.15, -0.1) is 11.8 Å². The minimum absolute atomic E-state index is 0.111. The Kier molecular flexibility index (Phi) is 5.89. The normalized spacial score (nSPS) is 18.3. The molecule has 0 radical (unpaired) electrons. The van der Waals surface area contributed by atoms with Gasteiger partial charge < -0.3 is 14.4 Å². The lowest BCUT2D eigenvalue weighted by Crippen LogP contribution is -2.44. The number of thioether (sulfide) groups is 1. The largest absolute Gasteiger partial charge is 0.496 e. The monoisotopic (exact) mass is 321 g/mol. The number of rotatable bonds is 4. The number of carbonyl (C=O) groups is 2. The van der Waals surface area contributed by atoms with E-state index >= 15 is 0 Å². The van der Waals surface area contributed by atoms with Gasteiger partial charge in [0.25, 0.3) is 0 Å². The lowest BCUT2D eigenvalue weighted by atomic mass is 10.2. The van der Waals surface area contributed by atoms with Crippen molar-refractivity contribution in [2.75, 3.05) is 33.1 Å². The van der Waals surface area contributed by atoms with Crippen molar-refractivity contribution in [3.8, 4) is 5.75 Å². The summed E-state index contributed by atoms with van der Waals surface area (Å²) in [5.41, 5.74) is 0.842. The van der Waals surface area contributed by atoms with Crippen molar-refractivity contribution in [2.24, 2.45) is 0 Å². The molecule has 0 aliphatic carbocycles. The van der Waals surface area contributed by atoms with Crippen LogP contribution in [0.2, 0.25) is 0 Å². The molecule has 22 heavy (non-hydrogen) atoms. The van der Waals surface area contributed by atoms with Crippen LogP contribution in [0.4, 0.5) is 0 Å². The second kappa shape index (κ2) is 7.89. The van der Waals surface area contributed by atoms with Gasteiger partial charge >= 0.3 is 5.97 Å². The van der Waals surface area contributed by atoms with Crippen molar-refractivity contribution in [3.05, 3.63) is 35.9 Å². The fraction of sp³-hybridized carbons (Fsp3) is 0.375. The molecule has 6 heteroatoms. The Bertz CT molecular complexity index is 573. The van der Waals surface area contributed by atoms with Gasteiger partial charge in [-0.1, -0.05) is 18.2 Å². The zero-order valence-corrected chi connectivity index (χ0v) is 13.5. The van der Waals surface area contributed by atoms with E-state index in [1.807, 2.05) is 24.3 Å². The van der Waals surface area contributed by atoms with Crippen LogP contribution in [0.25, 0.3) is 6.08 Å². The van der Waals surface area contributed by atoms with E-state index in [-0.39, 0.29) is 17.1 Å². The van der Waals surface area contributed by atoms with Gasteiger partial charge in [0.15, 0.2) is 0 Å². The lowest BCUT2D eigenvalue weighted by molar-refractivity contribution is -0.140. The number of hydrogen-bond acceptors (Lipinski definition) is 5. The summed E-state index contributed by atoms with van der Waals surface area (Å²) in [4.78, 5) is 25.5. The number of carbonyl (C=O) groups excluding carboxylic acids is 2. The number of esters is 1. The van der Waals surface area contributed by atoms with Gasteiger partial charge in [-0.25, -0.2) is 0 Å². The molecule has 0 aromatic heterocycles. The summed E-state index contributed by atoms with van der Waals surface area (Å²) >= 11 is 1.53. The van der Waals surface area contributed by atoms with Crippen LogP contribution in [-0.4, -0.2) is 55.1 Å². The summed E-state index contributed by atoms with van der Waals surface area (Å²) in [5, 5.41) is -0.303. The molecule has 0 spiro atoms. The second-order valence-corrected chi connectivity index (χ2v) is 6.05. The van der Waals surface area contributed by atoms with E-state index in [0.717, 1.165) is 11.3 Å². The van der Waals surface area contributed by atoms with Crippen LogP contribution in [-0.2, 0) is 14.3 Å². The molecule has 2 rings (SSSR count). The summed E-state index contributed by atoms with van der Waals surface area (Å²) in [5.74, 6) is 1.05. The second-order valence-electron chi connectivity index (χ2n) is 4.74. The summed E-state index contributed by atoms with van der Waals surface area (Å²) in [6.07, 6.45) is 3.25. The Hall–Kier alpha value is -1.95.